The molecule has 1 unspecified atom stereocenters. The molecule has 0 bridgehead atoms. The number of sulfonamides is 1. The van der Waals surface area contributed by atoms with Crippen LogP contribution in [-0.4, -0.2) is 38.1 Å². The van der Waals surface area contributed by atoms with Crippen molar-refractivity contribution in [1.29, 1.82) is 0 Å². The van der Waals surface area contributed by atoms with Crippen LogP contribution in [0.15, 0.2) is 29.2 Å². The third-order valence-electron chi connectivity index (χ3n) is 3.70. The summed E-state index contributed by atoms with van der Waals surface area (Å²) in [5.74, 6) is 0.175. The zero-order valence-corrected chi connectivity index (χ0v) is 12.4. The standard InChI is InChI=1S/C14H20N2O3S/c1-2-14(17)12-4-3-5-13(8-12)20(18,19)16-7-6-11(9-15)10-16/h3-5,8,11H,2,6-7,9-10,15H2,1H3. The molecule has 0 radical (unpaired) electrons. The van der Waals surface area contributed by atoms with E-state index in [1.165, 1.54) is 16.4 Å². The molecule has 6 heteroatoms. The Labute approximate surface area is 119 Å². The molecule has 0 aromatic heterocycles. The Morgan fingerprint density at radius 1 is 1.45 bits per heavy atom. The lowest BCUT2D eigenvalue weighted by atomic mass is 10.1. The minimum absolute atomic E-state index is 0.0525. The first-order valence-corrected chi connectivity index (χ1v) is 8.26. The molecule has 1 fully saturated rings. The lowest BCUT2D eigenvalue weighted by Crippen LogP contribution is -2.30. The van der Waals surface area contributed by atoms with Crippen LogP contribution in [-0.2, 0) is 10.0 Å². The molecule has 1 atom stereocenters. The van der Waals surface area contributed by atoms with Crippen molar-refractivity contribution in [3.8, 4) is 0 Å². The summed E-state index contributed by atoms with van der Waals surface area (Å²) in [6.45, 7) is 3.22. The van der Waals surface area contributed by atoms with Crippen LogP contribution in [0.3, 0.4) is 0 Å². The molecule has 20 heavy (non-hydrogen) atoms. The van der Waals surface area contributed by atoms with Crippen molar-refractivity contribution in [3.63, 3.8) is 0 Å². The second kappa shape index (κ2) is 6.03. The summed E-state index contributed by atoms with van der Waals surface area (Å²) in [5.41, 5.74) is 6.04. The van der Waals surface area contributed by atoms with Gasteiger partial charge in [-0.3, -0.25) is 4.79 Å². The maximum atomic E-state index is 12.5. The average Bonchev–Trinajstić information content (AvgIpc) is 2.96. The normalized spacial score (nSPS) is 20.2. The minimum Gasteiger partial charge on any atom is -0.330 e. The van der Waals surface area contributed by atoms with E-state index in [1.54, 1.807) is 19.1 Å². The Balaban J connectivity index is 2.28. The van der Waals surface area contributed by atoms with Gasteiger partial charge in [-0.2, -0.15) is 4.31 Å². The second-order valence-electron chi connectivity index (χ2n) is 5.06. The zero-order chi connectivity index (χ0) is 14.8. The molecule has 2 rings (SSSR count). The summed E-state index contributed by atoms with van der Waals surface area (Å²) in [6.07, 6.45) is 1.16. The second-order valence-corrected chi connectivity index (χ2v) is 7.00. The fraction of sp³-hybridized carbons (Fsp3) is 0.500. The Hall–Kier alpha value is -1.24. The molecule has 1 heterocycles. The predicted molar refractivity (Wildman–Crippen MR) is 77.0 cm³/mol. The highest BCUT2D eigenvalue weighted by Gasteiger charge is 2.32. The van der Waals surface area contributed by atoms with E-state index in [1.807, 2.05) is 0 Å². The third-order valence-corrected chi connectivity index (χ3v) is 5.56. The van der Waals surface area contributed by atoms with E-state index in [2.05, 4.69) is 0 Å². The molecule has 0 spiro atoms. The van der Waals surface area contributed by atoms with Crippen molar-refractivity contribution < 1.29 is 13.2 Å². The first-order valence-electron chi connectivity index (χ1n) is 6.82. The fourth-order valence-electron chi connectivity index (χ4n) is 2.39. The van der Waals surface area contributed by atoms with Crippen LogP contribution in [0.2, 0.25) is 0 Å². The van der Waals surface area contributed by atoms with Crippen molar-refractivity contribution in [3.05, 3.63) is 29.8 Å². The number of hydrogen-bond acceptors (Lipinski definition) is 4. The lowest BCUT2D eigenvalue weighted by molar-refractivity contribution is 0.0988. The van der Waals surface area contributed by atoms with E-state index in [0.29, 0.717) is 31.6 Å². The first kappa shape index (κ1) is 15.2. The number of carbonyl (C=O) groups is 1. The van der Waals surface area contributed by atoms with E-state index in [-0.39, 0.29) is 16.6 Å². The molecule has 110 valence electrons. The fourth-order valence-corrected chi connectivity index (χ4v) is 3.97. The van der Waals surface area contributed by atoms with Crippen LogP contribution >= 0.6 is 0 Å². The number of nitrogens with zero attached hydrogens (tertiary/aromatic N) is 1. The van der Waals surface area contributed by atoms with Crippen LogP contribution in [0.5, 0.6) is 0 Å². The highest BCUT2D eigenvalue weighted by Crippen LogP contribution is 2.24. The Morgan fingerprint density at radius 3 is 2.80 bits per heavy atom. The van der Waals surface area contributed by atoms with Crippen LogP contribution in [0.25, 0.3) is 0 Å². The number of ketones is 1. The van der Waals surface area contributed by atoms with Crippen LogP contribution < -0.4 is 5.73 Å². The maximum absolute atomic E-state index is 12.5. The molecule has 0 amide bonds. The molecular formula is C14H20N2O3S. The quantitative estimate of drug-likeness (QED) is 0.829. The van der Waals surface area contributed by atoms with E-state index in [9.17, 15) is 13.2 Å². The monoisotopic (exact) mass is 296 g/mol. The Morgan fingerprint density at radius 2 is 2.20 bits per heavy atom. The average molecular weight is 296 g/mol. The van der Waals surface area contributed by atoms with Gasteiger partial charge in [0.15, 0.2) is 5.78 Å². The SMILES string of the molecule is CCC(=O)c1cccc(S(=O)(=O)N2CCC(CN)C2)c1. The van der Waals surface area contributed by atoms with Gasteiger partial charge in [0.25, 0.3) is 0 Å². The number of hydrogen-bond donors (Lipinski definition) is 1. The molecule has 1 aromatic rings. The largest absolute Gasteiger partial charge is 0.330 e. The summed E-state index contributed by atoms with van der Waals surface area (Å²) in [4.78, 5) is 11.9. The first-order chi connectivity index (χ1) is 9.48. The van der Waals surface area contributed by atoms with Crippen LogP contribution in [0.4, 0.5) is 0 Å². The van der Waals surface area contributed by atoms with E-state index in [0.717, 1.165) is 6.42 Å². The number of benzene rings is 1. The molecule has 1 aliphatic rings. The van der Waals surface area contributed by atoms with Crippen LogP contribution in [0, 0.1) is 5.92 Å². The summed E-state index contributed by atoms with van der Waals surface area (Å²) >= 11 is 0. The molecule has 2 N–H and O–H groups in total. The molecule has 1 aromatic carbocycles. The van der Waals surface area contributed by atoms with E-state index >= 15 is 0 Å². The van der Waals surface area contributed by atoms with Crippen molar-refractivity contribution >= 4 is 15.8 Å². The zero-order valence-electron chi connectivity index (χ0n) is 11.6. The highest BCUT2D eigenvalue weighted by atomic mass is 32.2. The number of rotatable bonds is 5. The van der Waals surface area contributed by atoms with Gasteiger partial charge in [-0.1, -0.05) is 19.1 Å². The Kier molecular flexibility index (Phi) is 4.57. The smallest absolute Gasteiger partial charge is 0.243 e. The van der Waals surface area contributed by atoms with Crippen molar-refractivity contribution in [2.24, 2.45) is 11.7 Å². The maximum Gasteiger partial charge on any atom is 0.243 e. The minimum atomic E-state index is -3.52. The van der Waals surface area contributed by atoms with Gasteiger partial charge in [0.2, 0.25) is 10.0 Å². The van der Waals surface area contributed by atoms with Crippen LogP contribution in [0.1, 0.15) is 30.1 Å². The van der Waals surface area contributed by atoms with E-state index < -0.39 is 10.0 Å². The topological polar surface area (TPSA) is 80.5 Å². The molecule has 1 aliphatic heterocycles. The molecule has 5 nitrogen and oxygen atoms in total. The lowest BCUT2D eigenvalue weighted by Gasteiger charge is -2.16. The molecule has 1 saturated heterocycles. The van der Waals surface area contributed by atoms with Gasteiger partial charge < -0.3 is 5.73 Å². The van der Waals surface area contributed by atoms with Gasteiger partial charge in [0, 0.05) is 25.1 Å². The van der Waals surface area contributed by atoms with Gasteiger partial charge in [-0.15, -0.1) is 0 Å². The third kappa shape index (κ3) is 2.92. The number of Topliss-reactive ketones (excluding diaryl/α,β-unsaturated/α-hetero) is 1. The van der Waals surface area contributed by atoms with Gasteiger partial charge >= 0.3 is 0 Å². The predicted octanol–water partition coefficient (Wildman–Crippen LogP) is 1.25. The van der Waals surface area contributed by atoms with Gasteiger partial charge in [0.05, 0.1) is 4.90 Å². The van der Waals surface area contributed by atoms with Gasteiger partial charge in [-0.25, -0.2) is 8.42 Å². The molecule has 0 aliphatic carbocycles. The summed E-state index contributed by atoms with van der Waals surface area (Å²) in [7, 11) is -3.52. The van der Waals surface area contributed by atoms with Gasteiger partial charge in [0.1, 0.15) is 0 Å². The Bertz CT molecular complexity index is 598. The highest BCUT2D eigenvalue weighted by molar-refractivity contribution is 7.89. The summed E-state index contributed by atoms with van der Waals surface area (Å²) in [6, 6.07) is 6.28. The van der Waals surface area contributed by atoms with Crippen molar-refractivity contribution in [2.45, 2.75) is 24.7 Å². The summed E-state index contributed by atoms with van der Waals surface area (Å²) < 4.78 is 26.5. The summed E-state index contributed by atoms with van der Waals surface area (Å²) in [5, 5.41) is 0. The van der Waals surface area contributed by atoms with Crippen molar-refractivity contribution in [2.75, 3.05) is 19.6 Å². The van der Waals surface area contributed by atoms with Gasteiger partial charge in [-0.05, 0) is 31.0 Å². The molecular weight excluding hydrogens is 276 g/mol. The number of nitrogens with two attached hydrogens (primary N) is 1. The van der Waals surface area contributed by atoms with Crippen molar-refractivity contribution in [1.82, 2.24) is 4.31 Å². The molecule has 0 saturated carbocycles. The van der Waals surface area contributed by atoms with E-state index in [4.69, 9.17) is 5.73 Å². The number of carbonyl (C=O) groups excluding carboxylic acids is 1.